The molecule has 0 aliphatic carbocycles. The molecular formula is C13H15FN4O2. The first-order chi connectivity index (χ1) is 9.33. The van der Waals surface area contributed by atoms with E-state index in [1.807, 2.05) is 6.92 Å². The summed E-state index contributed by atoms with van der Waals surface area (Å²) in [6, 6.07) is 5.91. The summed E-state index contributed by atoms with van der Waals surface area (Å²) in [7, 11) is 0. The van der Waals surface area contributed by atoms with Crippen molar-refractivity contribution in [3.05, 3.63) is 69.4 Å². The number of benzene rings is 1. The molecule has 1 heterocycles. The summed E-state index contributed by atoms with van der Waals surface area (Å²) < 4.78 is 12.9. The van der Waals surface area contributed by atoms with Crippen LogP contribution in [-0.2, 0) is 0 Å². The molecule has 1 aromatic carbocycles. The van der Waals surface area contributed by atoms with Crippen LogP contribution in [0.4, 0.5) is 4.39 Å². The van der Waals surface area contributed by atoms with Crippen molar-refractivity contribution in [3.63, 3.8) is 0 Å². The van der Waals surface area contributed by atoms with E-state index in [9.17, 15) is 14.5 Å². The van der Waals surface area contributed by atoms with E-state index in [4.69, 9.17) is 11.5 Å². The summed E-state index contributed by atoms with van der Waals surface area (Å²) in [6.45, 7) is 1.83. The molecule has 2 atom stereocenters. The van der Waals surface area contributed by atoms with Crippen LogP contribution < -0.4 is 16.8 Å². The van der Waals surface area contributed by atoms with Gasteiger partial charge in [-0.3, -0.25) is 10.1 Å². The van der Waals surface area contributed by atoms with Gasteiger partial charge in [0, 0.05) is 12.0 Å². The van der Waals surface area contributed by atoms with Gasteiger partial charge in [0.05, 0.1) is 4.92 Å². The van der Waals surface area contributed by atoms with Crippen LogP contribution in [0.5, 0.6) is 0 Å². The summed E-state index contributed by atoms with van der Waals surface area (Å²) >= 11 is 0. The van der Waals surface area contributed by atoms with Crippen LogP contribution >= 0.6 is 0 Å². The van der Waals surface area contributed by atoms with E-state index in [0.29, 0.717) is 0 Å². The zero-order valence-corrected chi connectivity index (χ0v) is 10.8. The quantitative estimate of drug-likeness (QED) is 0.568. The number of dihydropyridines is 1. The van der Waals surface area contributed by atoms with Gasteiger partial charge in [-0.05, 0) is 23.8 Å². The first-order valence-corrected chi connectivity index (χ1v) is 5.99. The second-order valence-corrected chi connectivity index (χ2v) is 4.72. The molecule has 2 unspecified atom stereocenters. The minimum atomic E-state index is -1.07. The lowest BCUT2D eigenvalue weighted by atomic mass is 9.86. The molecule has 0 saturated carbocycles. The molecular weight excluding hydrogens is 263 g/mol. The smallest absolute Gasteiger partial charge is 0.308 e. The Morgan fingerprint density at radius 2 is 2.00 bits per heavy atom. The number of nitrogens with two attached hydrogens (primary N) is 2. The SMILES string of the molecule is CC(c1ccc(F)cc1)C1(N)C=CC([N+](=O)[O-])=C(N)N1. The minimum absolute atomic E-state index is 0.0889. The van der Waals surface area contributed by atoms with Crippen LogP contribution in [-0.4, -0.2) is 10.6 Å². The normalized spacial score (nSPS) is 23.4. The third kappa shape index (κ3) is 2.48. The fourth-order valence-electron chi connectivity index (χ4n) is 2.08. The Morgan fingerprint density at radius 3 is 2.50 bits per heavy atom. The van der Waals surface area contributed by atoms with Gasteiger partial charge >= 0.3 is 5.70 Å². The fourth-order valence-corrected chi connectivity index (χ4v) is 2.08. The summed E-state index contributed by atoms with van der Waals surface area (Å²) in [6.07, 6.45) is 2.78. The average Bonchev–Trinajstić information content (AvgIpc) is 2.38. The number of nitro groups is 1. The maximum Gasteiger partial charge on any atom is 0.308 e. The Kier molecular flexibility index (Phi) is 3.46. The van der Waals surface area contributed by atoms with Gasteiger partial charge in [0.15, 0.2) is 5.82 Å². The number of nitrogens with one attached hydrogen (secondary N) is 1. The highest BCUT2D eigenvalue weighted by molar-refractivity contribution is 5.33. The van der Waals surface area contributed by atoms with Gasteiger partial charge in [-0.2, -0.15) is 0 Å². The number of halogens is 1. The molecule has 1 aromatic rings. The molecule has 1 aliphatic rings. The number of hydrogen-bond acceptors (Lipinski definition) is 5. The van der Waals surface area contributed by atoms with E-state index in [0.717, 1.165) is 5.56 Å². The molecule has 0 bridgehead atoms. The summed E-state index contributed by atoms with van der Waals surface area (Å²) in [5.41, 5.74) is 11.3. The summed E-state index contributed by atoms with van der Waals surface area (Å²) in [5.74, 6) is -0.686. The molecule has 1 aliphatic heterocycles. The van der Waals surface area contributed by atoms with E-state index in [1.165, 1.54) is 24.3 Å². The van der Waals surface area contributed by atoms with Gasteiger partial charge in [-0.25, -0.2) is 4.39 Å². The van der Waals surface area contributed by atoms with E-state index in [-0.39, 0.29) is 23.3 Å². The number of allylic oxidation sites excluding steroid dienone is 1. The van der Waals surface area contributed by atoms with Gasteiger partial charge in [-0.15, -0.1) is 0 Å². The summed E-state index contributed by atoms with van der Waals surface area (Å²) in [4.78, 5) is 10.2. The van der Waals surface area contributed by atoms with Crippen molar-refractivity contribution in [2.75, 3.05) is 0 Å². The third-order valence-electron chi connectivity index (χ3n) is 3.43. The van der Waals surface area contributed by atoms with Crippen molar-refractivity contribution in [2.45, 2.75) is 18.5 Å². The monoisotopic (exact) mass is 278 g/mol. The van der Waals surface area contributed by atoms with E-state index < -0.39 is 10.6 Å². The first-order valence-electron chi connectivity index (χ1n) is 5.99. The van der Waals surface area contributed by atoms with E-state index in [2.05, 4.69) is 5.32 Å². The van der Waals surface area contributed by atoms with Gasteiger partial charge in [0.1, 0.15) is 11.5 Å². The largest absolute Gasteiger partial charge is 0.380 e. The molecule has 0 saturated heterocycles. The zero-order chi connectivity index (χ0) is 14.9. The van der Waals surface area contributed by atoms with Crippen LogP contribution in [0.1, 0.15) is 18.4 Å². The molecule has 0 spiro atoms. The second-order valence-electron chi connectivity index (χ2n) is 4.72. The standard InChI is InChI=1S/C13H15FN4O2/c1-8(9-2-4-10(14)5-3-9)13(16)7-6-11(18(19)20)12(15)17-13/h2-8,17H,15-16H2,1H3. The predicted octanol–water partition coefficient (Wildman–Crippen LogP) is 1.15. The Labute approximate surface area is 115 Å². The van der Waals surface area contributed by atoms with Crippen LogP contribution in [0.3, 0.4) is 0 Å². The van der Waals surface area contributed by atoms with Crippen LogP contribution in [0.25, 0.3) is 0 Å². The number of nitrogens with zero attached hydrogens (tertiary/aromatic N) is 1. The molecule has 2 rings (SSSR count). The molecule has 0 aromatic heterocycles. The molecule has 0 radical (unpaired) electrons. The Hall–Kier alpha value is -2.41. The van der Waals surface area contributed by atoms with E-state index >= 15 is 0 Å². The molecule has 20 heavy (non-hydrogen) atoms. The Morgan fingerprint density at radius 1 is 1.40 bits per heavy atom. The van der Waals surface area contributed by atoms with Gasteiger partial charge < -0.3 is 16.8 Å². The maximum absolute atomic E-state index is 12.9. The van der Waals surface area contributed by atoms with Crippen LogP contribution in [0, 0.1) is 15.9 Å². The molecule has 7 heteroatoms. The lowest BCUT2D eigenvalue weighted by Crippen LogP contribution is -2.58. The lowest BCUT2D eigenvalue weighted by Gasteiger charge is -2.36. The highest BCUT2D eigenvalue weighted by atomic mass is 19.1. The molecule has 106 valence electrons. The first kappa shape index (κ1) is 14.0. The van der Waals surface area contributed by atoms with Crippen molar-refractivity contribution in [1.29, 1.82) is 0 Å². The Bertz CT molecular complexity index is 597. The van der Waals surface area contributed by atoms with Crippen molar-refractivity contribution in [3.8, 4) is 0 Å². The Balaban J connectivity index is 2.28. The van der Waals surface area contributed by atoms with Crippen LogP contribution in [0.2, 0.25) is 0 Å². The van der Waals surface area contributed by atoms with Gasteiger partial charge in [-0.1, -0.05) is 19.1 Å². The molecule has 6 nitrogen and oxygen atoms in total. The second kappa shape index (κ2) is 4.93. The highest BCUT2D eigenvalue weighted by Gasteiger charge is 2.35. The topological polar surface area (TPSA) is 107 Å². The van der Waals surface area contributed by atoms with Crippen molar-refractivity contribution in [1.82, 2.24) is 5.32 Å². The molecule has 5 N–H and O–H groups in total. The average molecular weight is 278 g/mol. The van der Waals surface area contributed by atoms with Crippen molar-refractivity contribution in [2.24, 2.45) is 11.5 Å². The molecule has 0 fully saturated rings. The third-order valence-corrected chi connectivity index (χ3v) is 3.43. The number of hydrogen-bond donors (Lipinski definition) is 3. The zero-order valence-electron chi connectivity index (χ0n) is 10.8. The maximum atomic E-state index is 12.9. The van der Waals surface area contributed by atoms with Gasteiger partial charge in [0.2, 0.25) is 0 Å². The van der Waals surface area contributed by atoms with E-state index in [1.54, 1.807) is 12.1 Å². The lowest BCUT2D eigenvalue weighted by molar-refractivity contribution is -0.421. The van der Waals surface area contributed by atoms with Crippen molar-refractivity contribution >= 4 is 0 Å². The molecule has 0 amide bonds. The summed E-state index contributed by atoms with van der Waals surface area (Å²) in [5, 5.41) is 13.5. The number of rotatable bonds is 3. The van der Waals surface area contributed by atoms with Crippen LogP contribution in [0.15, 0.2) is 47.9 Å². The fraction of sp³-hybridized carbons (Fsp3) is 0.231. The highest BCUT2D eigenvalue weighted by Crippen LogP contribution is 2.29. The minimum Gasteiger partial charge on any atom is -0.380 e. The van der Waals surface area contributed by atoms with Crippen molar-refractivity contribution < 1.29 is 9.31 Å². The van der Waals surface area contributed by atoms with Gasteiger partial charge in [0.25, 0.3) is 0 Å². The predicted molar refractivity (Wildman–Crippen MR) is 72.2 cm³/mol.